The molecule has 0 aromatic heterocycles. The maximum Gasteiger partial charge on any atom is 0.436 e. The number of nitrogens with two attached hydrogens (primary N) is 1. The van der Waals surface area contributed by atoms with E-state index < -0.39 is 11.7 Å². The lowest BCUT2D eigenvalue weighted by Crippen LogP contribution is -2.51. The molecule has 14 heavy (non-hydrogen) atoms. The fourth-order valence-electron chi connectivity index (χ4n) is 2.51. The number of hydrogen-bond donors (Lipinski definition) is 1. The van der Waals surface area contributed by atoms with Gasteiger partial charge in [0.05, 0.1) is 0 Å². The summed E-state index contributed by atoms with van der Waals surface area (Å²) < 4.78 is 5.32. The van der Waals surface area contributed by atoms with Gasteiger partial charge in [0.25, 0.3) is 0 Å². The smallest absolute Gasteiger partial charge is 0.433 e. The number of amidine groups is 1. The summed E-state index contributed by atoms with van der Waals surface area (Å²) in [4.78, 5) is 14.8. The normalized spacial score (nSPS) is 42.4. The highest BCUT2D eigenvalue weighted by atomic mass is 16.6. The topological polar surface area (TPSA) is 64.7 Å². The maximum atomic E-state index is 11.1. The molecule has 0 aromatic rings. The zero-order chi connectivity index (χ0) is 10.3. The Hall–Kier alpha value is -1.06. The van der Waals surface area contributed by atoms with Crippen LogP contribution in [-0.4, -0.2) is 17.5 Å². The molecule has 0 saturated heterocycles. The van der Waals surface area contributed by atoms with Gasteiger partial charge >= 0.3 is 6.09 Å². The molecule has 1 amide bonds. The highest BCUT2D eigenvalue weighted by Gasteiger charge is 2.50. The first-order valence-electron chi connectivity index (χ1n) is 5.12. The SMILES string of the molecule is CC1CCC(C)C2(C1)OC(=O)N=C2N. The monoisotopic (exact) mass is 196 g/mol. The van der Waals surface area contributed by atoms with E-state index in [0.29, 0.717) is 11.8 Å². The third-order valence-electron chi connectivity index (χ3n) is 3.45. The van der Waals surface area contributed by atoms with E-state index in [4.69, 9.17) is 10.5 Å². The number of ether oxygens (including phenoxy) is 1. The molecule has 1 aliphatic heterocycles. The molecule has 3 unspecified atom stereocenters. The molecule has 0 radical (unpaired) electrons. The molecule has 1 heterocycles. The molecular weight excluding hydrogens is 180 g/mol. The van der Waals surface area contributed by atoms with Crippen LogP contribution in [0.1, 0.15) is 33.1 Å². The third-order valence-corrected chi connectivity index (χ3v) is 3.45. The van der Waals surface area contributed by atoms with Gasteiger partial charge in [-0.05, 0) is 18.8 Å². The van der Waals surface area contributed by atoms with Crippen molar-refractivity contribution in [3.05, 3.63) is 0 Å². The molecule has 2 aliphatic rings. The van der Waals surface area contributed by atoms with E-state index in [0.717, 1.165) is 12.8 Å². The summed E-state index contributed by atoms with van der Waals surface area (Å²) in [5, 5.41) is 0. The third kappa shape index (κ3) is 1.21. The summed E-state index contributed by atoms with van der Waals surface area (Å²) in [5.74, 6) is 1.21. The van der Waals surface area contributed by atoms with E-state index in [1.165, 1.54) is 6.42 Å². The second-order valence-corrected chi connectivity index (χ2v) is 4.54. The number of nitrogens with zero attached hydrogens (tertiary/aromatic N) is 1. The largest absolute Gasteiger partial charge is 0.436 e. The molecule has 3 atom stereocenters. The number of hydrogen-bond acceptors (Lipinski definition) is 3. The van der Waals surface area contributed by atoms with Crippen molar-refractivity contribution in [3.63, 3.8) is 0 Å². The summed E-state index contributed by atoms with van der Waals surface area (Å²) in [7, 11) is 0. The van der Waals surface area contributed by atoms with E-state index in [-0.39, 0.29) is 5.92 Å². The Bertz CT molecular complexity index is 300. The van der Waals surface area contributed by atoms with E-state index in [1.807, 2.05) is 0 Å². The molecule has 4 heteroatoms. The lowest BCUT2D eigenvalue weighted by atomic mass is 9.71. The highest BCUT2D eigenvalue weighted by Crippen LogP contribution is 2.42. The van der Waals surface area contributed by atoms with Crippen molar-refractivity contribution in [2.24, 2.45) is 22.6 Å². The van der Waals surface area contributed by atoms with Gasteiger partial charge in [0.1, 0.15) is 0 Å². The molecule has 1 aliphatic carbocycles. The van der Waals surface area contributed by atoms with Crippen molar-refractivity contribution < 1.29 is 9.53 Å². The average Bonchev–Trinajstić information content (AvgIpc) is 2.36. The van der Waals surface area contributed by atoms with Crippen LogP contribution < -0.4 is 5.73 Å². The maximum absolute atomic E-state index is 11.1. The van der Waals surface area contributed by atoms with Gasteiger partial charge in [-0.25, -0.2) is 4.79 Å². The molecule has 1 saturated carbocycles. The van der Waals surface area contributed by atoms with Gasteiger partial charge in [-0.1, -0.05) is 20.3 Å². The minimum absolute atomic E-state index is 0.286. The quantitative estimate of drug-likeness (QED) is 0.641. The van der Waals surface area contributed by atoms with Crippen LogP contribution in [0.4, 0.5) is 4.79 Å². The van der Waals surface area contributed by atoms with E-state index >= 15 is 0 Å². The summed E-state index contributed by atoms with van der Waals surface area (Å²) in [5.41, 5.74) is 5.20. The molecule has 1 fully saturated rings. The average molecular weight is 196 g/mol. The van der Waals surface area contributed by atoms with Crippen LogP contribution in [0.15, 0.2) is 4.99 Å². The van der Waals surface area contributed by atoms with Crippen LogP contribution in [0.3, 0.4) is 0 Å². The summed E-state index contributed by atoms with van der Waals surface area (Å²) in [6.45, 7) is 4.24. The van der Waals surface area contributed by atoms with Gasteiger partial charge in [-0.15, -0.1) is 0 Å². The summed E-state index contributed by atoms with van der Waals surface area (Å²) >= 11 is 0. The Morgan fingerprint density at radius 1 is 1.50 bits per heavy atom. The van der Waals surface area contributed by atoms with Gasteiger partial charge in [0.2, 0.25) is 0 Å². The fraction of sp³-hybridized carbons (Fsp3) is 0.800. The second-order valence-electron chi connectivity index (χ2n) is 4.54. The van der Waals surface area contributed by atoms with Gasteiger partial charge in [0, 0.05) is 5.92 Å². The number of carbonyl (C=O) groups is 1. The van der Waals surface area contributed by atoms with Crippen LogP contribution in [-0.2, 0) is 4.74 Å². The number of rotatable bonds is 0. The predicted octanol–water partition coefficient (Wildman–Crippen LogP) is 1.69. The molecule has 0 aromatic carbocycles. The Labute approximate surface area is 83.5 Å². The van der Waals surface area contributed by atoms with Crippen molar-refractivity contribution in [2.45, 2.75) is 38.7 Å². The van der Waals surface area contributed by atoms with Crippen molar-refractivity contribution in [1.82, 2.24) is 0 Å². The van der Waals surface area contributed by atoms with Gasteiger partial charge in [-0.3, -0.25) is 0 Å². The van der Waals surface area contributed by atoms with E-state index in [2.05, 4.69) is 18.8 Å². The number of amides is 1. The van der Waals surface area contributed by atoms with Gasteiger partial charge in [-0.2, -0.15) is 4.99 Å². The summed E-state index contributed by atoms with van der Waals surface area (Å²) in [6.07, 6.45) is 2.51. The zero-order valence-electron chi connectivity index (χ0n) is 8.62. The zero-order valence-corrected chi connectivity index (χ0v) is 8.62. The molecule has 0 bridgehead atoms. The molecule has 2 N–H and O–H groups in total. The first kappa shape index (κ1) is 9.49. The van der Waals surface area contributed by atoms with Crippen molar-refractivity contribution >= 4 is 11.9 Å². The van der Waals surface area contributed by atoms with Crippen LogP contribution in [0.5, 0.6) is 0 Å². The van der Waals surface area contributed by atoms with E-state index in [9.17, 15) is 4.79 Å². The number of carbonyl (C=O) groups excluding carboxylic acids is 1. The fourth-order valence-corrected chi connectivity index (χ4v) is 2.51. The van der Waals surface area contributed by atoms with Crippen LogP contribution in [0.2, 0.25) is 0 Å². The number of aliphatic imine (C=N–C) groups is 1. The molecule has 4 nitrogen and oxygen atoms in total. The Morgan fingerprint density at radius 3 is 2.79 bits per heavy atom. The Kier molecular flexibility index (Phi) is 2.01. The standard InChI is InChI=1S/C10H16N2O2/c1-6-3-4-7(2)10(5-6)8(11)12-9(13)14-10/h6-7H,3-5H2,1-2H3,(H2,11,12,13). The lowest BCUT2D eigenvalue weighted by Gasteiger charge is -2.40. The lowest BCUT2D eigenvalue weighted by molar-refractivity contribution is -0.000615. The first-order chi connectivity index (χ1) is 6.54. The molecule has 1 spiro atoms. The second kappa shape index (κ2) is 2.97. The first-order valence-corrected chi connectivity index (χ1v) is 5.12. The predicted molar refractivity (Wildman–Crippen MR) is 53.0 cm³/mol. The minimum atomic E-state index is -0.589. The molecule has 78 valence electrons. The van der Waals surface area contributed by atoms with Crippen LogP contribution >= 0.6 is 0 Å². The van der Waals surface area contributed by atoms with Crippen molar-refractivity contribution in [3.8, 4) is 0 Å². The van der Waals surface area contributed by atoms with Crippen molar-refractivity contribution in [1.29, 1.82) is 0 Å². The Balaban J connectivity index is 2.29. The van der Waals surface area contributed by atoms with E-state index in [1.54, 1.807) is 0 Å². The molecule has 2 rings (SSSR count). The van der Waals surface area contributed by atoms with Gasteiger partial charge < -0.3 is 10.5 Å². The van der Waals surface area contributed by atoms with Crippen LogP contribution in [0, 0.1) is 11.8 Å². The highest BCUT2D eigenvalue weighted by molar-refractivity contribution is 6.02. The molecular formula is C10H16N2O2. The summed E-state index contributed by atoms with van der Waals surface area (Å²) in [6, 6.07) is 0. The van der Waals surface area contributed by atoms with Crippen LogP contribution in [0.25, 0.3) is 0 Å². The van der Waals surface area contributed by atoms with Crippen molar-refractivity contribution in [2.75, 3.05) is 0 Å². The Morgan fingerprint density at radius 2 is 2.21 bits per heavy atom. The van der Waals surface area contributed by atoms with Gasteiger partial charge in [0.15, 0.2) is 11.4 Å². The minimum Gasteiger partial charge on any atom is -0.433 e.